The zero-order valence-electron chi connectivity index (χ0n) is 15.9. The molecule has 0 amide bonds. The SMILES string of the molecule is CN(C)Cc1nc(OCc2ccc(F)cc2F)c(Br)c(=O)n1-c1c(F)cccc1F. The highest BCUT2D eigenvalue weighted by molar-refractivity contribution is 9.10. The van der Waals surface area contributed by atoms with E-state index in [4.69, 9.17) is 4.74 Å². The molecule has 0 bridgehead atoms. The predicted molar refractivity (Wildman–Crippen MR) is 106 cm³/mol. The van der Waals surface area contributed by atoms with Gasteiger partial charge in [-0.3, -0.25) is 9.36 Å². The molecule has 0 unspecified atom stereocenters. The number of hydrogen-bond acceptors (Lipinski definition) is 4. The number of aromatic nitrogens is 2. The summed E-state index contributed by atoms with van der Waals surface area (Å²) in [7, 11) is 3.37. The Labute approximate surface area is 177 Å². The molecule has 1 heterocycles. The molecule has 158 valence electrons. The first-order valence-electron chi connectivity index (χ1n) is 8.66. The van der Waals surface area contributed by atoms with Gasteiger partial charge in [-0.2, -0.15) is 4.98 Å². The molecule has 30 heavy (non-hydrogen) atoms. The quantitative estimate of drug-likeness (QED) is 0.491. The molecule has 10 heteroatoms. The first-order chi connectivity index (χ1) is 14.2. The summed E-state index contributed by atoms with van der Waals surface area (Å²) in [6, 6.07) is 6.22. The summed E-state index contributed by atoms with van der Waals surface area (Å²) in [6.45, 7) is -0.284. The Morgan fingerprint density at radius 1 is 1.07 bits per heavy atom. The van der Waals surface area contributed by atoms with Gasteiger partial charge in [0, 0.05) is 11.6 Å². The smallest absolute Gasteiger partial charge is 0.276 e. The summed E-state index contributed by atoms with van der Waals surface area (Å²) in [5.41, 5.74) is -1.33. The minimum Gasteiger partial charge on any atom is -0.472 e. The van der Waals surface area contributed by atoms with Gasteiger partial charge in [0.05, 0.1) is 6.54 Å². The van der Waals surface area contributed by atoms with Crippen molar-refractivity contribution in [3.63, 3.8) is 0 Å². The van der Waals surface area contributed by atoms with Gasteiger partial charge in [0.1, 0.15) is 45.9 Å². The van der Waals surface area contributed by atoms with E-state index in [2.05, 4.69) is 20.9 Å². The third-order valence-electron chi connectivity index (χ3n) is 4.07. The number of para-hydroxylation sites is 1. The topological polar surface area (TPSA) is 47.4 Å². The fourth-order valence-electron chi connectivity index (χ4n) is 2.73. The van der Waals surface area contributed by atoms with Gasteiger partial charge in [-0.1, -0.05) is 6.07 Å². The molecule has 0 radical (unpaired) electrons. The van der Waals surface area contributed by atoms with Crippen LogP contribution in [0.5, 0.6) is 5.88 Å². The van der Waals surface area contributed by atoms with Crippen molar-refractivity contribution in [1.29, 1.82) is 0 Å². The largest absolute Gasteiger partial charge is 0.472 e. The maximum absolute atomic E-state index is 14.4. The standard InChI is InChI=1S/C20H16BrF4N3O2/c1-27(2)9-16-26-19(30-10-11-6-7-12(22)8-15(11)25)17(21)20(29)28(16)18-13(23)4-3-5-14(18)24/h3-8H,9-10H2,1-2H3. The predicted octanol–water partition coefficient (Wildman–Crippen LogP) is 4.19. The fourth-order valence-corrected chi connectivity index (χ4v) is 3.11. The molecular weight excluding hydrogens is 470 g/mol. The van der Waals surface area contributed by atoms with E-state index in [9.17, 15) is 22.4 Å². The van der Waals surface area contributed by atoms with Crippen molar-refractivity contribution in [1.82, 2.24) is 14.5 Å². The highest BCUT2D eigenvalue weighted by Crippen LogP contribution is 2.25. The fraction of sp³-hybridized carbons (Fsp3) is 0.200. The number of rotatable bonds is 6. The molecule has 0 N–H and O–H groups in total. The maximum Gasteiger partial charge on any atom is 0.276 e. The summed E-state index contributed by atoms with van der Waals surface area (Å²) in [6.07, 6.45) is 0. The maximum atomic E-state index is 14.4. The van der Waals surface area contributed by atoms with Crippen molar-refractivity contribution in [2.45, 2.75) is 13.2 Å². The van der Waals surface area contributed by atoms with Crippen molar-refractivity contribution < 1.29 is 22.3 Å². The summed E-state index contributed by atoms with van der Waals surface area (Å²) >= 11 is 3.05. The number of benzene rings is 2. The van der Waals surface area contributed by atoms with Crippen molar-refractivity contribution in [3.05, 3.63) is 85.9 Å². The molecule has 0 aliphatic heterocycles. The van der Waals surface area contributed by atoms with E-state index in [1.54, 1.807) is 19.0 Å². The number of nitrogens with zero attached hydrogens (tertiary/aromatic N) is 3. The van der Waals surface area contributed by atoms with Gasteiger partial charge in [-0.15, -0.1) is 0 Å². The third-order valence-corrected chi connectivity index (χ3v) is 4.74. The summed E-state index contributed by atoms with van der Waals surface area (Å²) in [4.78, 5) is 18.8. The summed E-state index contributed by atoms with van der Waals surface area (Å²) < 4.78 is 61.7. The Bertz CT molecular complexity index is 1130. The van der Waals surface area contributed by atoms with E-state index >= 15 is 0 Å². The van der Waals surface area contributed by atoms with E-state index < -0.39 is 34.5 Å². The van der Waals surface area contributed by atoms with Crippen LogP contribution in [0.2, 0.25) is 0 Å². The minimum atomic E-state index is -0.937. The molecular formula is C20H16BrF4N3O2. The second-order valence-corrected chi connectivity index (χ2v) is 7.41. The van der Waals surface area contributed by atoms with Crippen LogP contribution in [0, 0.1) is 23.3 Å². The Kier molecular flexibility index (Phi) is 6.57. The van der Waals surface area contributed by atoms with Crippen LogP contribution in [0.4, 0.5) is 17.6 Å². The normalized spacial score (nSPS) is 11.2. The van der Waals surface area contributed by atoms with Gasteiger partial charge in [-0.25, -0.2) is 17.6 Å². The zero-order valence-corrected chi connectivity index (χ0v) is 17.5. The van der Waals surface area contributed by atoms with Crippen LogP contribution in [0.1, 0.15) is 11.4 Å². The highest BCUT2D eigenvalue weighted by atomic mass is 79.9. The molecule has 0 aliphatic carbocycles. The molecule has 1 aromatic heterocycles. The van der Waals surface area contributed by atoms with Gasteiger partial charge in [0.25, 0.3) is 5.56 Å². The first kappa shape index (κ1) is 22.0. The van der Waals surface area contributed by atoms with Gasteiger partial charge in [-0.05, 0) is 54.3 Å². The lowest BCUT2D eigenvalue weighted by molar-refractivity contribution is 0.279. The van der Waals surface area contributed by atoms with E-state index in [1.807, 2.05) is 0 Å². The van der Waals surface area contributed by atoms with E-state index in [-0.39, 0.29) is 34.9 Å². The minimum absolute atomic E-state index is 0.00628. The van der Waals surface area contributed by atoms with Crippen LogP contribution in [0.15, 0.2) is 45.7 Å². The van der Waals surface area contributed by atoms with E-state index in [0.29, 0.717) is 6.07 Å². The average Bonchev–Trinajstić information content (AvgIpc) is 2.66. The second-order valence-electron chi connectivity index (χ2n) is 6.62. The van der Waals surface area contributed by atoms with Gasteiger partial charge in [0.15, 0.2) is 0 Å². The van der Waals surface area contributed by atoms with Crippen molar-refractivity contribution in [3.8, 4) is 11.6 Å². The molecule has 0 spiro atoms. The number of hydrogen-bond donors (Lipinski definition) is 0. The van der Waals surface area contributed by atoms with Gasteiger partial charge >= 0.3 is 0 Å². The molecule has 3 aromatic rings. The molecule has 0 atom stereocenters. The van der Waals surface area contributed by atoms with Crippen LogP contribution in [-0.2, 0) is 13.2 Å². The van der Waals surface area contributed by atoms with Crippen molar-refractivity contribution in [2.75, 3.05) is 14.1 Å². The zero-order chi connectivity index (χ0) is 22.0. The molecule has 0 saturated carbocycles. The van der Waals surface area contributed by atoms with Crippen LogP contribution in [0.3, 0.4) is 0 Å². The second kappa shape index (κ2) is 8.97. The Balaban J connectivity index is 2.08. The van der Waals surface area contributed by atoms with Crippen molar-refractivity contribution >= 4 is 15.9 Å². The Morgan fingerprint density at radius 3 is 2.33 bits per heavy atom. The number of halogens is 5. The monoisotopic (exact) mass is 485 g/mol. The van der Waals surface area contributed by atoms with Gasteiger partial charge < -0.3 is 9.64 Å². The average molecular weight is 486 g/mol. The summed E-state index contributed by atoms with van der Waals surface area (Å²) in [5, 5.41) is 0. The molecule has 0 aliphatic rings. The van der Waals surface area contributed by atoms with E-state index in [0.717, 1.165) is 22.8 Å². The summed E-state index contributed by atoms with van der Waals surface area (Å²) in [5.74, 6) is -3.61. The lowest BCUT2D eigenvalue weighted by Gasteiger charge is -2.18. The molecule has 0 saturated heterocycles. The highest BCUT2D eigenvalue weighted by Gasteiger charge is 2.22. The Morgan fingerprint density at radius 2 is 1.73 bits per heavy atom. The number of ether oxygens (including phenoxy) is 1. The lowest BCUT2D eigenvalue weighted by Crippen LogP contribution is -2.29. The Hall–Kier alpha value is -2.72. The third kappa shape index (κ3) is 4.54. The molecule has 2 aromatic carbocycles. The van der Waals surface area contributed by atoms with Crippen LogP contribution >= 0.6 is 15.9 Å². The van der Waals surface area contributed by atoms with E-state index in [1.165, 1.54) is 12.1 Å². The van der Waals surface area contributed by atoms with Crippen LogP contribution in [-0.4, -0.2) is 28.5 Å². The van der Waals surface area contributed by atoms with Crippen molar-refractivity contribution in [2.24, 2.45) is 0 Å². The molecule has 0 fully saturated rings. The van der Waals surface area contributed by atoms with Crippen LogP contribution < -0.4 is 10.3 Å². The first-order valence-corrected chi connectivity index (χ1v) is 9.45. The van der Waals surface area contributed by atoms with Gasteiger partial charge in [0.2, 0.25) is 5.88 Å². The van der Waals surface area contributed by atoms with Crippen LogP contribution in [0.25, 0.3) is 5.69 Å². The lowest BCUT2D eigenvalue weighted by atomic mass is 10.2. The molecule has 3 rings (SSSR count). The molecule has 5 nitrogen and oxygen atoms in total.